The molecule has 0 heterocycles. The van der Waals surface area contributed by atoms with Crippen molar-refractivity contribution in [2.75, 3.05) is 0 Å². The summed E-state index contributed by atoms with van der Waals surface area (Å²) in [7, 11) is 0. The largest absolute Gasteiger partial charge is 0.511 e. The molecule has 0 radical (unpaired) electrons. The first-order valence-electron chi connectivity index (χ1n) is 5.45. The number of carboxylic acid groups (broad SMARTS) is 1. The van der Waals surface area contributed by atoms with Crippen LogP contribution in [0.2, 0.25) is 0 Å². The van der Waals surface area contributed by atoms with Crippen LogP contribution in [0.1, 0.15) is 0 Å². The second-order valence-electron chi connectivity index (χ2n) is 3.64. The lowest BCUT2D eigenvalue weighted by atomic mass is 10.3. The number of halogens is 4. The minimum absolute atomic E-state index is 0.176. The van der Waals surface area contributed by atoms with E-state index >= 15 is 0 Å². The predicted molar refractivity (Wildman–Crippen MR) is 95.7 cm³/mol. The van der Waals surface area contributed by atoms with Crippen LogP contribution in [0, 0.1) is 0 Å². The minimum atomic E-state index is -1.51. The summed E-state index contributed by atoms with van der Waals surface area (Å²) in [6.07, 6.45) is -1.51. The monoisotopic (exact) mass is 560 g/mol. The van der Waals surface area contributed by atoms with Gasteiger partial charge in [-0.05, 0) is 75.9 Å². The van der Waals surface area contributed by atoms with Crippen molar-refractivity contribution < 1.29 is 24.9 Å². The fraction of sp³-hybridized carbons (Fsp3) is 0. The minimum Gasteiger partial charge on any atom is -0.508 e. The maximum absolute atomic E-state index is 10.4. The van der Waals surface area contributed by atoms with Crippen LogP contribution in [0.25, 0.3) is 0 Å². The van der Waals surface area contributed by atoms with Crippen molar-refractivity contribution in [2.45, 2.75) is 0 Å². The number of aromatic hydroxyl groups is 2. The molecule has 22 heavy (non-hydrogen) atoms. The lowest BCUT2D eigenvalue weighted by Gasteiger charge is -2.11. The van der Waals surface area contributed by atoms with Crippen LogP contribution >= 0.6 is 63.7 Å². The highest BCUT2D eigenvalue weighted by Gasteiger charge is 2.21. The molecule has 0 aliphatic carbocycles. The summed E-state index contributed by atoms with van der Waals surface area (Å²) in [5, 5.41) is 26.7. The molecule has 2 rings (SSSR count). The maximum atomic E-state index is 10.4. The molecule has 0 bridgehead atoms. The van der Waals surface area contributed by atoms with Crippen molar-refractivity contribution in [3.8, 4) is 17.2 Å². The third kappa shape index (κ3) is 5.15. The molecule has 0 aromatic heterocycles. The van der Waals surface area contributed by atoms with Crippen LogP contribution in [0.4, 0.5) is 4.79 Å². The molecular weight excluding hydrogens is 556 g/mol. The summed E-state index contributed by atoms with van der Waals surface area (Å²) in [5.74, 6) is -0.161. The Bertz CT molecular complexity index is 647. The first kappa shape index (κ1) is 19.3. The highest BCUT2D eigenvalue weighted by molar-refractivity contribution is 9.15. The second-order valence-corrected chi connectivity index (χ2v) is 6.81. The Morgan fingerprint density at radius 1 is 0.864 bits per heavy atom. The van der Waals surface area contributed by atoms with Crippen LogP contribution in [-0.4, -0.2) is 21.5 Å². The Morgan fingerprint density at radius 3 is 1.77 bits per heavy atom. The number of hydrogen-bond acceptors (Lipinski definition) is 4. The van der Waals surface area contributed by atoms with Gasteiger partial charge >= 0.3 is 6.16 Å². The average molecular weight is 564 g/mol. The zero-order valence-corrected chi connectivity index (χ0v) is 16.9. The van der Waals surface area contributed by atoms with Gasteiger partial charge in [0.1, 0.15) is 5.75 Å². The molecule has 5 nitrogen and oxygen atoms in total. The van der Waals surface area contributed by atoms with E-state index in [2.05, 4.69) is 68.5 Å². The SMILES string of the molecule is O=C(O)Oc1c(O)c(Br)c(Br)c(Br)c1Br.Oc1ccccc1. The Hall–Kier alpha value is -0.770. The van der Waals surface area contributed by atoms with Gasteiger partial charge in [0.15, 0.2) is 11.5 Å². The number of phenols is 2. The quantitative estimate of drug-likeness (QED) is 0.174. The lowest BCUT2D eigenvalue weighted by molar-refractivity contribution is 0.142. The molecule has 0 amide bonds. The molecule has 0 spiro atoms. The molecular formula is C13H8Br4O5. The Morgan fingerprint density at radius 2 is 1.36 bits per heavy atom. The maximum Gasteiger partial charge on any atom is 0.511 e. The fourth-order valence-electron chi connectivity index (χ4n) is 1.21. The van der Waals surface area contributed by atoms with Crippen molar-refractivity contribution in [1.82, 2.24) is 0 Å². The van der Waals surface area contributed by atoms with Crippen LogP contribution < -0.4 is 4.74 Å². The highest BCUT2D eigenvalue weighted by Crippen LogP contribution is 2.49. The van der Waals surface area contributed by atoms with Crippen molar-refractivity contribution in [3.05, 3.63) is 48.2 Å². The Labute approximate surface area is 159 Å². The van der Waals surface area contributed by atoms with Gasteiger partial charge in [0.05, 0.1) is 17.9 Å². The second kappa shape index (κ2) is 8.76. The van der Waals surface area contributed by atoms with Crippen LogP contribution in [0.15, 0.2) is 48.2 Å². The third-order valence-electron chi connectivity index (χ3n) is 2.15. The van der Waals surface area contributed by atoms with Crippen molar-refractivity contribution >= 4 is 69.9 Å². The topological polar surface area (TPSA) is 87.0 Å². The van der Waals surface area contributed by atoms with Crippen LogP contribution in [0.3, 0.4) is 0 Å². The molecule has 0 aliphatic rings. The molecule has 0 aliphatic heterocycles. The van der Waals surface area contributed by atoms with E-state index in [9.17, 15) is 9.90 Å². The summed E-state index contributed by atoms with van der Waals surface area (Å²) in [5.41, 5.74) is 0. The number of carbonyl (C=O) groups is 1. The van der Waals surface area contributed by atoms with Gasteiger partial charge < -0.3 is 20.1 Å². The standard InChI is InChI=1S/C7H2Br4O4.C6H6O/c8-1-2(9)4(11)6(15-7(13)14)5(12)3(1)10;7-6-4-2-1-3-5-6/h12H,(H,13,14);1-5,7H. The normalized spacial score (nSPS) is 9.64. The molecule has 0 saturated carbocycles. The molecule has 0 atom stereocenters. The number of phenolic OH excluding ortho intramolecular Hbond substituents is 2. The van der Waals surface area contributed by atoms with E-state index in [0.29, 0.717) is 23.6 Å². The van der Waals surface area contributed by atoms with E-state index in [1.54, 1.807) is 24.3 Å². The lowest BCUT2D eigenvalue weighted by Crippen LogP contribution is -2.04. The predicted octanol–water partition coefficient (Wildman–Crippen LogP) is 5.89. The molecule has 0 fully saturated rings. The van der Waals surface area contributed by atoms with E-state index < -0.39 is 6.16 Å². The van der Waals surface area contributed by atoms with Gasteiger partial charge in [-0.2, -0.15) is 0 Å². The number of rotatable bonds is 1. The summed E-state index contributed by atoms with van der Waals surface area (Å²) in [6.45, 7) is 0. The number of benzene rings is 2. The van der Waals surface area contributed by atoms with Gasteiger partial charge in [0.25, 0.3) is 0 Å². The Balaban J connectivity index is 0.000000287. The Kier molecular flexibility index (Phi) is 7.67. The van der Waals surface area contributed by atoms with Gasteiger partial charge in [0, 0.05) is 0 Å². The molecule has 9 heteroatoms. The number of hydrogen-bond donors (Lipinski definition) is 3. The summed E-state index contributed by atoms with van der Waals surface area (Å²) in [6, 6.07) is 8.71. The number of para-hydroxylation sites is 1. The molecule has 2 aromatic carbocycles. The zero-order chi connectivity index (χ0) is 16.9. The van der Waals surface area contributed by atoms with Gasteiger partial charge in [-0.15, -0.1) is 0 Å². The van der Waals surface area contributed by atoms with E-state index in [1.807, 2.05) is 6.07 Å². The summed E-state index contributed by atoms with van der Waals surface area (Å²) in [4.78, 5) is 10.4. The van der Waals surface area contributed by atoms with E-state index in [-0.39, 0.29) is 11.5 Å². The third-order valence-corrected chi connectivity index (χ3v) is 6.86. The molecule has 118 valence electrons. The van der Waals surface area contributed by atoms with E-state index in [4.69, 9.17) is 10.2 Å². The molecule has 0 saturated heterocycles. The van der Waals surface area contributed by atoms with Crippen molar-refractivity contribution in [3.63, 3.8) is 0 Å². The summed E-state index contributed by atoms with van der Waals surface area (Å²) < 4.78 is 6.11. The smallest absolute Gasteiger partial charge is 0.508 e. The van der Waals surface area contributed by atoms with E-state index in [1.165, 1.54) is 0 Å². The molecule has 0 unspecified atom stereocenters. The van der Waals surface area contributed by atoms with Gasteiger partial charge in [-0.25, -0.2) is 4.79 Å². The van der Waals surface area contributed by atoms with E-state index in [0.717, 1.165) is 0 Å². The molecule has 2 aromatic rings. The first-order valence-corrected chi connectivity index (χ1v) is 8.62. The first-order chi connectivity index (χ1) is 10.3. The zero-order valence-electron chi connectivity index (χ0n) is 10.6. The summed E-state index contributed by atoms with van der Waals surface area (Å²) >= 11 is 12.6. The number of ether oxygens (including phenoxy) is 1. The van der Waals surface area contributed by atoms with Crippen molar-refractivity contribution in [1.29, 1.82) is 0 Å². The van der Waals surface area contributed by atoms with Gasteiger partial charge in [0.2, 0.25) is 0 Å². The molecule has 3 N–H and O–H groups in total. The highest BCUT2D eigenvalue weighted by atomic mass is 79.9. The van der Waals surface area contributed by atoms with Crippen LogP contribution in [-0.2, 0) is 0 Å². The average Bonchev–Trinajstić information content (AvgIpc) is 2.49. The van der Waals surface area contributed by atoms with Gasteiger partial charge in [-0.1, -0.05) is 18.2 Å². The van der Waals surface area contributed by atoms with Gasteiger partial charge in [-0.3, -0.25) is 0 Å². The fourth-order valence-corrected chi connectivity index (χ4v) is 3.35. The van der Waals surface area contributed by atoms with Crippen molar-refractivity contribution in [2.24, 2.45) is 0 Å². The van der Waals surface area contributed by atoms with Crippen LogP contribution in [0.5, 0.6) is 17.2 Å².